The summed E-state index contributed by atoms with van der Waals surface area (Å²) in [5.74, 6) is 1.29. The smallest absolute Gasteiger partial charge is 0.259 e. The van der Waals surface area contributed by atoms with E-state index in [1.165, 1.54) is 10.4 Å². The van der Waals surface area contributed by atoms with Gasteiger partial charge in [-0.25, -0.2) is 4.98 Å². The number of H-pyrrole nitrogens is 1. The van der Waals surface area contributed by atoms with Crippen LogP contribution in [0.1, 0.15) is 43.5 Å². The number of aromatic amines is 1. The van der Waals surface area contributed by atoms with Gasteiger partial charge < -0.3 is 19.6 Å². The minimum atomic E-state index is -0.611. The van der Waals surface area contributed by atoms with Crippen molar-refractivity contribution in [2.75, 3.05) is 33.4 Å². The predicted molar refractivity (Wildman–Crippen MR) is 116 cm³/mol. The molecule has 0 bridgehead atoms. The number of nitrogens with one attached hydrogen (secondary N) is 1. The first-order valence-corrected chi connectivity index (χ1v) is 11.2. The van der Waals surface area contributed by atoms with Gasteiger partial charge in [0, 0.05) is 25.1 Å². The molecule has 7 nitrogen and oxygen atoms in total. The summed E-state index contributed by atoms with van der Waals surface area (Å²) in [6.07, 6.45) is 2.59. The lowest BCUT2D eigenvalue weighted by Gasteiger charge is -2.24. The van der Waals surface area contributed by atoms with Gasteiger partial charge in [-0.15, -0.1) is 11.3 Å². The van der Waals surface area contributed by atoms with Crippen LogP contribution in [0.5, 0.6) is 0 Å². The van der Waals surface area contributed by atoms with Crippen molar-refractivity contribution in [3.8, 4) is 0 Å². The van der Waals surface area contributed by atoms with Crippen LogP contribution in [-0.4, -0.2) is 65.6 Å². The summed E-state index contributed by atoms with van der Waals surface area (Å²) in [6.45, 7) is 8.48. The number of aliphatic hydroxyl groups is 1. The Bertz CT molecular complexity index is 863. The van der Waals surface area contributed by atoms with Gasteiger partial charge in [0.1, 0.15) is 10.7 Å². The van der Waals surface area contributed by atoms with Gasteiger partial charge in [0.2, 0.25) is 0 Å². The maximum absolute atomic E-state index is 12.8. The molecular formula is C21H33N3O4S. The van der Waals surface area contributed by atoms with E-state index in [-0.39, 0.29) is 18.3 Å². The van der Waals surface area contributed by atoms with E-state index in [9.17, 15) is 9.90 Å². The number of hydrogen-bond acceptors (Lipinski definition) is 7. The van der Waals surface area contributed by atoms with Gasteiger partial charge in [0.25, 0.3) is 5.56 Å². The van der Waals surface area contributed by atoms with E-state index in [0.717, 1.165) is 29.5 Å². The van der Waals surface area contributed by atoms with Gasteiger partial charge in [0.05, 0.1) is 37.4 Å². The Hall–Kier alpha value is -1.32. The quantitative estimate of drug-likeness (QED) is 0.610. The molecule has 0 saturated carbocycles. The first kappa shape index (κ1) is 22.4. The molecule has 0 spiro atoms. The van der Waals surface area contributed by atoms with Crippen LogP contribution >= 0.6 is 11.3 Å². The summed E-state index contributed by atoms with van der Waals surface area (Å²) in [5.41, 5.74) is 1.15. The number of thiophene rings is 1. The van der Waals surface area contributed by atoms with Gasteiger partial charge in [-0.3, -0.25) is 9.69 Å². The minimum Gasteiger partial charge on any atom is -0.389 e. The number of aromatic nitrogens is 2. The van der Waals surface area contributed by atoms with Crippen molar-refractivity contribution >= 4 is 21.6 Å². The standard InChI is InChI=1S/C21H33N3O4S/c1-13(2)28-12-15(25)10-24(7-8-27-4)11-18-22-20(26)19-16-6-5-14(3)9-17(16)29-21(19)23-18/h13-15,25H,5-12H2,1-4H3,(H,22,23,26)/t14-,15+/m0/s1. The van der Waals surface area contributed by atoms with Crippen LogP contribution in [0.15, 0.2) is 4.79 Å². The lowest BCUT2D eigenvalue weighted by atomic mass is 9.89. The number of aryl methyl sites for hydroxylation is 1. The van der Waals surface area contributed by atoms with Gasteiger partial charge in [-0.1, -0.05) is 6.92 Å². The molecule has 29 heavy (non-hydrogen) atoms. The number of fused-ring (bicyclic) bond motifs is 3. The fourth-order valence-corrected chi connectivity index (χ4v) is 5.19. The van der Waals surface area contributed by atoms with Crippen molar-refractivity contribution in [1.82, 2.24) is 14.9 Å². The highest BCUT2D eigenvalue weighted by Crippen LogP contribution is 2.35. The van der Waals surface area contributed by atoms with Crippen molar-refractivity contribution in [3.63, 3.8) is 0 Å². The highest BCUT2D eigenvalue weighted by atomic mass is 32.1. The third-order valence-electron chi connectivity index (χ3n) is 5.29. The zero-order valence-electron chi connectivity index (χ0n) is 17.9. The van der Waals surface area contributed by atoms with Gasteiger partial charge in [0.15, 0.2) is 0 Å². The summed E-state index contributed by atoms with van der Waals surface area (Å²) in [4.78, 5) is 24.7. The number of hydrogen-bond donors (Lipinski definition) is 2. The second-order valence-corrected chi connectivity index (χ2v) is 9.39. The lowest BCUT2D eigenvalue weighted by molar-refractivity contribution is -0.0124. The van der Waals surface area contributed by atoms with Crippen LogP contribution in [0.25, 0.3) is 10.2 Å². The highest BCUT2D eigenvalue weighted by Gasteiger charge is 2.23. The van der Waals surface area contributed by atoms with E-state index >= 15 is 0 Å². The fraction of sp³-hybridized carbons (Fsp3) is 0.714. The van der Waals surface area contributed by atoms with Crippen molar-refractivity contribution in [2.24, 2.45) is 5.92 Å². The molecule has 1 aliphatic rings. The molecule has 0 radical (unpaired) electrons. The summed E-state index contributed by atoms with van der Waals surface area (Å²) in [7, 11) is 1.65. The Morgan fingerprint density at radius 2 is 2.21 bits per heavy atom. The molecule has 8 heteroatoms. The average Bonchev–Trinajstić information content (AvgIpc) is 3.02. The second kappa shape index (κ2) is 10.1. The molecule has 2 atom stereocenters. The zero-order chi connectivity index (χ0) is 21.0. The third-order valence-corrected chi connectivity index (χ3v) is 6.44. The highest BCUT2D eigenvalue weighted by molar-refractivity contribution is 7.18. The summed E-state index contributed by atoms with van der Waals surface area (Å²) >= 11 is 1.66. The molecule has 0 aliphatic heterocycles. The van der Waals surface area contributed by atoms with Crippen LogP contribution in [-0.2, 0) is 28.9 Å². The molecule has 162 valence electrons. The van der Waals surface area contributed by atoms with Crippen molar-refractivity contribution < 1.29 is 14.6 Å². The van der Waals surface area contributed by atoms with Gasteiger partial charge in [-0.05, 0) is 44.6 Å². The first-order valence-electron chi connectivity index (χ1n) is 10.4. The lowest BCUT2D eigenvalue weighted by Crippen LogP contribution is -2.37. The molecule has 0 unspecified atom stereocenters. The normalized spacial score (nSPS) is 18.0. The van der Waals surface area contributed by atoms with E-state index in [0.29, 0.717) is 38.0 Å². The molecule has 1 aliphatic carbocycles. The van der Waals surface area contributed by atoms with Gasteiger partial charge in [-0.2, -0.15) is 0 Å². The zero-order valence-corrected chi connectivity index (χ0v) is 18.7. The molecule has 2 N–H and O–H groups in total. The second-order valence-electron chi connectivity index (χ2n) is 8.31. The maximum Gasteiger partial charge on any atom is 0.259 e. The third kappa shape index (κ3) is 5.86. The van der Waals surface area contributed by atoms with Crippen LogP contribution in [0.3, 0.4) is 0 Å². The molecule has 0 aromatic carbocycles. The van der Waals surface area contributed by atoms with Crippen molar-refractivity contribution in [3.05, 3.63) is 26.6 Å². The van der Waals surface area contributed by atoms with Crippen molar-refractivity contribution in [1.29, 1.82) is 0 Å². The van der Waals surface area contributed by atoms with E-state index in [2.05, 4.69) is 11.9 Å². The monoisotopic (exact) mass is 423 g/mol. The van der Waals surface area contributed by atoms with Gasteiger partial charge >= 0.3 is 0 Å². The molecular weight excluding hydrogens is 390 g/mol. The summed E-state index contributed by atoms with van der Waals surface area (Å²) in [5, 5.41) is 11.1. The molecule has 0 amide bonds. The number of methoxy groups -OCH3 is 1. The average molecular weight is 424 g/mol. The number of rotatable bonds is 10. The van der Waals surface area contributed by atoms with Crippen LogP contribution in [0.2, 0.25) is 0 Å². The number of nitrogens with zero attached hydrogens (tertiary/aromatic N) is 2. The predicted octanol–water partition coefficient (Wildman–Crippen LogP) is 2.34. The largest absolute Gasteiger partial charge is 0.389 e. The van der Waals surface area contributed by atoms with Crippen LogP contribution in [0, 0.1) is 5.92 Å². The Kier molecular flexibility index (Phi) is 7.81. The SMILES string of the molecule is COCCN(Cc1nc2sc3c(c2c(=O)[nH]1)CC[C@H](C)C3)C[C@@H](O)COC(C)C. The van der Waals surface area contributed by atoms with E-state index in [1.54, 1.807) is 18.4 Å². The van der Waals surface area contributed by atoms with Crippen LogP contribution < -0.4 is 5.56 Å². The molecule has 2 heterocycles. The van der Waals surface area contributed by atoms with E-state index in [4.69, 9.17) is 14.5 Å². The number of aliphatic hydroxyl groups excluding tert-OH is 1. The Morgan fingerprint density at radius 3 is 2.93 bits per heavy atom. The van der Waals surface area contributed by atoms with Crippen LogP contribution in [0.4, 0.5) is 0 Å². The van der Waals surface area contributed by atoms with E-state index in [1.807, 2.05) is 18.7 Å². The molecule has 0 saturated heterocycles. The maximum atomic E-state index is 12.8. The summed E-state index contributed by atoms with van der Waals surface area (Å²) < 4.78 is 10.7. The summed E-state index contributed by atoms with van der Waals surface area (Å²) in [6, 6.07) is 0. The first-order chi connectivity index (χ1) is 13.9. The van der Waals surface area contributed by atoms with Crippen molar-refractivity contribution in [2.45, 2.75) is 58.8 Å². The Morgan fingerprint density at radius 1 is 1.41 bits per heavy atom. The molecule has 2 aromatic heterocycles. The molecule has 3 rings (SSSR count). The Labute approximate surface area is 176 Å². The fourth-order valence-electron chi connectivity index (χ4n) is 3.79. The van der Waals surface area contributed by atoms with E-state index < -0.39 is 6.10 Å². The number of ether oxygens (including phenoxy) is 2. The topological polar surface area (TPSA) is 87.7 Å². The Balaban J connectivity index is 1.77. The molecule has 2 aromatic rings. The molecule has 0 fully saturated rings. The minimum absolute atomic E-state index is 0.0487.